The number of nitrogens with one attached hydrogen (secondary N) is 1. The molecule has 0 aliphatic carbocycles. The summed E-state index contributed by atoms with van der Waals surface area (Å²) in [7, 11) is 1.22. The molecule has 9 heteroatoms. The van der Waals surface area contributed by atoms with Crippen LogP contribution in [0.25, 0.3) is 11.0 Å². The average Bonchev–Trinajstić information content (AvgIpc) is 2.67. The molecule has 0 bridgehead atoms. The van der Waals surface area contributed by atoms with Crippen molar-refractivity contribution in [2.75, 3.05) is 26.8 Å². The minimum Gasteiger partial charge on any atom is -0.484 e. The van der Waals surface area contributed by atoms with E-state index < -0.39 is 29.5 Å². The van der Waals surface area contributed by atoms with Crippen LogP contribution in [0.15, 0.2) is 39.5 Å². The lowest BCUT2D eigenvalue weighted by molar-refractivity contribution is -0.151. The van der Waals surface area contributed by atoms with Gasteiger partial charge in [0.15, 0.2) is 6.61 Å². The number of nitrogens with zero attached hydrogens (tertiary/aromatic N) is 1. The maximum absolute atomic E-state index is 12.5. The first-order valence-corrected chi connectivity index (χ1v) is 8.28. The first kappa shape index (κ1) is 18.4. The number of piperazine rings is 1. The Morgan fingerprint density at radius 1 is 1.26 bits per heavy atom. The van der Waals surface area contributed by atoms with Gasteiger partial charge in [-0.05, 0) is 18.2 Å². The van der Waals surface area contributed by atoms with Gasteiger partial charge in [-0.3, -0.25) is 14.4 Å². The summed E-state index contributed by atoms with van der Waals surface area (Å²) in [5.41, 5.74) is -0.144. The largest absolute Gasteiger partial charge is 0.484 e. The summed E-state index contributed by atoms with van der Waals surface area (Å²) in [6, 6.07) is 6.86. The number of hydrogen-bond donors (Lipinski definition) is 1. The van der Waals surface area contributed by atoms with Gasteiger partial charge < -0.3 is 24.1 Å². The molecule has 1 saturated heterocycles. The molecule has 1 aromatic heterocycles. The Labute approximate surface area is 153 Å². The molecule has 0 unspecified atom stereocenters. The second-order valence-electron chi connectivity index (χ2n) is 5.92. The number of benzene rings is 1. The van der Waals surface area contributed by atoms with E-state index in [2.05, 4.69) is 10.1 Å². The molecule has 1 aromatic carbocycles. The fourth-order valence-electron chi connectivity index (χ4n) is 2.82. The predicted molar refractivity (Wildman–Crippen MR) is 93.1 cm³/mol. The molecular formula is C18H18N2O7. The number of methoxy groups -OCH3 is 1. The molecular weight excluding hydrogens is 356 g/mol. The van der Waals surface area contributed by atoms with Gasteiger partial charge in [0.05, 0.1) is 13.5 Å². The van der Waals surface area contributed by atoms with E-state index in [-0.39, 0.29) is 19.6 Å². The van der Waals surface area contributed by atoms with Crippen molar-refractivity contribution in [1.29, 1.82) is 0 Å². The van der Waals surface area contributed by atoms with Gasteiger partial charge >= 0.3 is 11.6 Å². The third-order valence-electron chi connectivity index (χ3n) is 4.20. The fraction of sp³-hybridized carbons (Fsp3) is 0.333. The molecule has 1 fully saturated rings. The van der Waals surface area contributed by atoms with E-state index >= 15 is 0 Å². The van der Waals surface area contributed by atoms with Gasteiger partial charge in [0.1, 0.15) is 17.4 Å². The number of amides is 2. The van der Waals surface area contributed by atoms with Crippen molar-refractivity contribution < 1.29 is 28.3 Å². The van der Waals surface area contributed by atoms with Crippen molar-refractivity contribution in [3.05, 3.63) is 40.8 Å². The minimum atomic E-state index is -0.933. The highest BCUT2D eigenvalue weighted by Gasteiger charge is 2.35. The highest BCUT2D eigenvalue weighted by molar-refractivity contribution is 5.92. The van der Waals surface area contributed by atoms with Crippen LogP contribution >= 0.6 is 0 Å². The molecule has 2 aromatic rings. The fourth-order valence-corrected chi connectivity index (χ4v) is 2.82. The van der Waals surface area contributed by atoms with Crippen LogP contribution in [-0.2, 0) is 19.1 Å². The molecule has 2 amide bonds. The summed E-state index contributed by atoms with van der Waals surface area (Å²) in [6.45, 7) is 0.235. The predicted octanol–water partition coefficient (Wildman–Crippen LogP) is 0.0619. The highest BCUT2D eigenvalue weighted by Crippen LogP contribution is 2.20. The zero-order chi connectivity index (χ0) is 19.4. The number of rotatable bonds is 5. The Hall–Kier alpha value is -3.36. The van der Waals surface area contributed by atoms with E-state index in [1.165, 1.54) is 24.1 Å². The second kappa shape index (κ2) is 7.90. The molecule has 3 rings (SSSR count). The second-order valence-corrected chi connectivity index (χ2v) is 5.92. The summed E-state index contributed by atoms with van der Waals surface area (Å²) in [4.78, 5) is 48.7. The van der Waals surface area contributed by atoms with Crippen LogP contribution in [0.1, 0.15) is 6.42 Å². The molecule has 9 nitrogen and oxygen atoms in total. The van der Waals surface area contributed by atoms with Gasteiger partial charge in [-0.1, -0.05) is 0 Å². The van der Waals surface area contributed by atoms with Crippen LogP contribution in [0.4, 0.5) is 0 Å². The molecule has 1 aliphatic heterocycles. The number of hydrogen-bond acceptors (Lipinski definition) is 7. The first-order chi connectivity index (χ1) is 13.0. The maximum atomic E-state index is 12.5. The number of esters is 1. The Kier molecular flexibility index (Phi) is 5.39. The van der Waals surface area contributed by atoms with Crippen molar-refractivity contribution in [1.82, 2.24) is 10.2 Å². The van der Waals surface area contributed by atoms with E-state index in [0.717, 1.165) is 5.39 Å². The first-order valence-electron chi connectivity index (χ1n) is 8.28. The highest BCUT2D eigenvalue weighted by atomic mass is 16.5. The third-order valence-corrected chi connectivity index (χ3v) is 4.20. The summed E-state index contributed by atoms with van der Waals surface area (Å²) in [5.74, 6) is -1.09. The summed E-state index contributed by atoms with van der Waals surface area (Å²) < 4.78 is 15.1. The van der Waals surface area contributed by atoms with E-state index in [4.69, 9.17) is 9.15 Å². The van der Waals surface area contributed by atoms with Crippen molar-refractivity contribution in [3.63, 3.8) is 0 Å². The van der Waals surface area contributed by atoms with E-state index in [9.17, 15) is 19.2 Å². The van der Waals surface area contributed by atoms with Crippen LogP contribution in [0.5, 0.6) is 5.75 Å². The Balaban J connectivity index is 1.69. The average molecular weight is 374 g/mol. The van der Waals surface area contributed by atoms with Gasteiger partial charge in [0.25, 0.3) is 5.91 Å². The van der Waals surface area contributed by atoms with Crippen LogP contribution in [0, 0.1) is 0 Å². The SMILES string of the molecule is COC(=O)C[C@H]1C(=O)NCCN1C(=O)COc1ccc2ccc(=O)oc2c1. The van der Waals surface area contributed by atoms with Crippen molar-refractivity contribution >= 4 is 28.8 Å². The molecule has 0 spiro atoms. The Morgan fingerprint density at radius 3 is 2.81 bits per heavy atom. The normalized spacial score (nSPS) is 16.7. The molecule has 2 heterocycles. The van der Waals surface area contributed by atoms with Crippen molar-refractivity contribution in [2.24, 2.45) is 0 Å². The quantitative estimate of drug-likeness (QED) is 0.581. The molecule has 27 heavy (non-hydrogen) atoms. The number of carbonyl (C=O) groups is 3. The molecule has 1 N–H and O–H groups in total. The van der Waals surface area contributed by atoms with Crippen LogP contribution in [-0.4, -0.2) is 55.5 Å². The minimum absolute atomic E-state index is 0.227. The van der Waals surface area contributed by atoms with Crippen LogP contribution in [0.2, 0.25) is 0 Å². The zero-order valence-electron chi connectivity index (χ0n) is 14.6. The lowest BCUT2D eigenvalue weighted by Crippen LogP contribution is -2.58. The van der Waals surface area contributed by atoms with E-state index in [1.54, 1.807) is 18.2 Å². The lowest BCUT2D eigenvalue weighted by Gasteiger charge is -2.34. The van der Waals surface area contributed by atoms with Crippen LogP contribution < -0.4 is 15.7 Å². The molecule has 1 aliphatic rings. The lowest BCUT2D eigenvalue weighted by atomic mass is 10.1. The summed E-state index contributed by atoms with van der Waals surface area (Å²) in [6.07, 6.45) is -0.227. The zero-order valence-corrected chi connectivity index (χ0v) is 14.6. The van der Waals surface area contributed by atoms with Crippen molar-refractivity contribution in [2.45, 2.75) is 12.5 Å². The van der Waals surface area contributed by atoms with Gasteiger partial charge in [-0.25, -0.2) is 4.79 Å². The van der Waals surface area contributed by atoms with Gasteiger partial charge in [-0.2, -0.15) is 0 Å². The standard InChI is InChI=1S/C18H18N2O7/c1-25-17(23)9-13-18(24)19-6-7-20(13)15(21)10-26-12-4-2-11-3-5-16(22)27-14(11)8-12/h2-5,8,13H,6-7,9-10H2,1H3,(H,19,24)/t13-/m0/s1. The molecule has 0 radical (unpaired) electrons. The van der Waals surface area contributed by atoms with Crippen molar-refractivity contribution in [3.8, 4) is 5.75 Å². The summed E-state index contributed by atoms with van der Waals surface area (Å²) in [5, 5.41) is 3.34. The molecule has 0 saturated carbocycles. The monoisotopic (exact) mass is 374 g/mol. The topological polar surface area (TPSA) is 115 Å². The van der Waals surface area contributed by atoms with Gasteiger partial charge in [-0.15, -0.1) is 0 Å². The molecule has 142 valence electrons. The number of ether oxygens (including phenoxy) is 2. The third kappa shape index (κ3) is 4.25. The number of fused-ring (bicyclic) bond motifs is 1. The Bertz CT molecular complexity index is 937. The van der Waals surface area contributed by atoms with E-state index in [0.29, 0.717) is 17.9 Å². The van der Waals surface area contributed by atoms with Gasteiger partial charge in [0, 0.05) is 30.6 Å². The summed E-state index contributed by atoms with van der Waals surface area (Å²) >= 11 is 0. The Morgan fingerprint density at radius 2 is 2.04 bits per heavy atom. The number of carbonyl (C=O) groups excluding carboxylic acids is 3. The van der Waals surface area contributed by atoms with Crippen LogP contribution in [0.3, 0.4) is 0 Å². The molecule has 1 atom stereocenters. The maximum Gasteiger partial charge on any atom is 0.336 e. The van der Waals surface area contributed by atoms with Gasteiger partial charge in [0.2, 0.25) is 5.91 Å². The van der Waals surface area contributed by atoms with E-state index in [1.807, 2.05) is 0 Å². The smallest absolute Gasteiger partial charge is 0.336 e.